The molecule has 0 amide bonds. The van der Waals surface area contributed by atoms with E-state index in [-0.39, 0.29) is 5.56 Å². The van der Waals surface area contributed by atoms with E-state index in [9.17, 15) is 9.59 Å². The first-order valence-corrected chi connectivity index (χ1v) is 8.71. The molecule has 0 aliphatic rings. The smallest absolute Gasteiger partial charge is 0.340 e. The van der Waals surface area contributed by atoms with Gasteiger partial charge in [-0.2, -0.15) is 5.26 Å². The maximum atomic E-state index is 12.8. The second-order valence-electron chi connectivity index (χ2n) is 7.38. The number of carbonyl (C=O) groups is 1. The number of rotatable bonds is 3. The molecule has 0 fully saturated rings. The summed E-state index contributed by atoms with van der Waals surface area (Å²) in [7, 11) is 0. The van der Waals surface area contributed by atoms with Crippen molar-refractivity contribution in [2.24, 2.45) is 0 Å². The van der Waals surface area contributed by atoms with Gasteiger partial charge in [0.1, 0.15) is 5.60 Å². The van der Waals surface area contributed by atoms with E-state index in [0.717, 1.165) is 11.1 Å². The van der Waals surface area contributed by atoms with E-state index < -0.39 is 11.6 Å². The summed E-state index contributed by atoms with van der Waals surface area (Å²) in [6, 6.07) is 10.4. The third kappa shape index (κ3) is 3.86. The minimum Gasteiger partial charge on any atom is -0.456 e. The number of nitrogens with zero attached hydrogens (tertiary/aromatic N) is 3. The number of ether oxygens (including phenoxy) is 1. The molecule has 2 aromatic heterocycles. The van der Waals surface area contributed by atoms with Gasteiger partial charge in [0.15, 0.2) is 5.82 Å². The van der Waals surface area contributed by atoms with Crippen molar-refractivity contribution in [1.29, 1.82) is 5.26 Å². The average molecular weight is 376 g/mol. The summed E-state index contributed by atoms with van der Waals surface area (Å²) >= 11 is 0. The number of hydrogen-bond donors (Lipinski definition) is 1. The number of H-pyrrole nitrogens is 1. The lowest BCUT2D eigenvalue weighted by Gasteiger charge is -2.19. The number of pyridine rings is 1. The van der Waals surface area contributed by atoms with Gasteiger partial charge in [0.05, 0.1) is 22.8 Å². The molecular formula is C21H20N4O3. The molecule has 0 aliphatic heterocycles. The molecule has 2 heterocycles. The number of nitriles is 1. The van der Waals surface area contributed by atoms with Gasteiger partial charge in [0, 0.05) is 12.4 Å². The fourth-order valence-electron chi connectivity index (χ4n) is 2.74. The summed E-state index contributed by atoms with van der Waals surface area (Å²) in [4.78, 5) is 29.1. The van der Waals surface area contributed by atoms with E-state index in [4.69, 9.17) is 10.00 Å². The first-order valence-electron chi connectivity index (χ1n) is 8.71. The molecule has 28 heavy (non-hydrogen) atoms. The van der Waals surface area contributed by atoms with Gasteiger partial charge in [-0.25, -0.2) is 14.5 Å². The molecule has 0 atom stereocenters. The SMILES string of the molecule is Cc1cc(C#N)ccc1-c1c[nH]n(-c2ccc(C(=O)OC(C)(C)C)cn2)c1=O. The second kappa shape index (κ2) is 7.16. The van der Waals surface area contributed by atoms with Crippen molar-refractivity contribution in [3.63, 3.8) is 0 Å². The lowest BCUT2D eigenvalue weighted by molar-refractivity contribution is 0.00691. The number of nitrogens with one attached hydrogen (secondary N) is 1. The highest BCUT2D eigenvalue weighted by atomic mass is 16.6. The van der Waals surface area contributed by atoms with Crippen LogP contribution in [-0.2, 0) is 4.74 Å². The minimum absolute atomic E-state index is 0.273. The van der Waals surface area contributed by atoms with Crippen molar-refractivity contribution < 1.29 is 9.53 Å². The quantitative estimate of drug-likeness (QED) is 0.706. The molecule has 7 nitrogen and oxygen atoms in total. The molecule has 3 rings (SSSR count). The van der Waals surface area contributed by atoms with E-state index in [1.165, 1.54) is 10.9 Å². The van der Waals surface area contributed by atoms with Crippen LogP contribution in [0.25, 0.3) is 16.9 Å². The first kappa shape index (κ1) is 19.1. The van der Waals surface area contributed by atoms with Gasteiger partial charge in [-0.05, 0) is 63.1 Å². The molecular weight excluding hydrogens is 356 g/mol. The number of hydrogen-bond acceptors (Lipinski definition) is 5. The average Bonchev–Trinajstić information content (AvgIpc) is 3.01. The van der Waals surface area contributed by atoms with Gasteiger partial charge in [0.2, 0.25) is 0 Å². The molecule has 1 N–H and O–H groups in total. The molecule has 0 unspecified atom stereocenters. The normalized spacial score (nSPS) is 11.1. The summed E-state index contributed by atoms with van der Waals surface area (Å²) in [6.45, 7) is 7.22. The Bertz CT molecular complexity index is 1130. The van der Waals surface area contributed by atoms with Crippen LogP contribution in [0.1, 0.15) is 42.3 Å². The molecule has 142 valence electrons. The predicted molar refractivity (Wildman–Crippen MR) is 104 cm³/mol. The molecule has 1 aromatic carbocycles. The van der Waals surface area contributed by atoms with Crippen LogP contribution in [0, 0.1) is 18.3 Å². The molecule has 0 radical (unpaired) electrons. The van der Waals surface area contributed by atoms with E-state index in [2.05, 4.69) is 16.2 Å². The van der Waals surface area contributed by atoms with Crippen molar-refractivity contribution in [3.05, 3.63) is 69.8 Å². The van der Waals surface area contributed by atoms with Crippen LogP contribution in [0.2, 0.25) is 0 Å². The number of carbonyl (C=O) groups excluding carboxylic acids is 1. The number of benzene rings is 1. The molecule has 3 aromatic rings. The number of aryl methyl sites for hydroxylation is 1. The van der Waals surface area contributed by atoms with Gasteiger partial charge in [-0.3, -0.25) is 9.89 Å². The number of aromatic amines is 1. The topological polar surface area (TPSA) is 101 Å². The van der Waals surface area contributed by atoms with Crippen molar-refractivity contribution >= 4 is 5.97 Å². The van der Waals surface area contributed by atoms with Gasteiger partial charge in [-0.1, -0.05) is 6.07 Å². The Kier molecular flexibility index (Phi) is 4.89. The predicted octanol–water partition coefficient (Wildman–Crippen LogP) is 3.36. The molecule has 0 saturated heterocycles. The van der Waals surface area contributed by atoms with Crippen LogP contribution in [-0.4, -0.2) is 26.3 Å². The number of esters is 1. The maximum absolute atomic E-state index is 12.8. The third-order valence-electron chi connectivity index (χ3n) is 4.03. The van der Waals surface area contributed by atoms with Crippen LogP contribution in [0.5, 0.6) is 0 Å². The zero-order chi connectivity index (χ0) is 20.5. The monoisotopic (exact) mass is 376 g/mol. The maximum Gasteiger partial charge on any atom is 0.340 e. The van der Waals surface area contributed by atoms with Crippen molar-refractivity contribution in [2.75, 3.05) is 0 Å². The van der Waals surface area contributed by atoms with Gasteiger partial charge in [-0.15, -0.1) is 0 Å². The van der Waals surface area contributed by atoms with Crippen LogP contribution in [0.15, 0.2) is 47.5 Å². The Morgan fingerprint density at radius 2 is 1.96 bits per heavy atom. The Morgan fingerprint density at radius 3 is 2.54 bits per heavy atom. The molecule has 7 heteroatoms. The van der Waals surface area contributed by atoms with E-state index in [0.29, 0.717) is 22.5 Å². The minimum atomic E-state index is -0.597. The Morgan fingerprint density at radius 1 is 1.21 bits per heavy atom. The summed E-state index contributed by atoms with van der Waals surface area (Å²) in [6.07, 6.45) is 2.98. The molecule has 0 saturated carbocycles. The lowest BCUT2D eigenvalue weighted by Crippen LogP contribution is -2.24. The zero-order valence-corrected chi connectivity index (χ0v) is 16.1. The molecule has 0 bridgehead atoms. The Balaban J connectivity index is 1.91. The van der Waals surface area contributed by atoms with Crippen LogP contribution >= 0.6 is 0 Å². The van der Waals surface area contributed by atoms with Gasteiger partial charge in [0.25, 0.3) is 5.56 Å². The molecule has 0 spiro atoms. The second-order valence-corrected chi connectivity index (χ2v) is 7.38. The Labute approximate surface area is 162 Å². The van der Waals surface area contributed by atoms with Gasteiger partial charge < -0.3 is 4.74 Å². The standard InChI is InChI=1S/C21H20N4O3/c1-13-9-14(10-22)5-7-16(13)17-12-24-25(19(17)26)18-8-6-15(11-23-18)20(27)28-21(2,3)4/h5-9,11-12,24H,1-4H3. The third-order valence-corrected chi connectivity index (χ3v) is 4.03. The molecule has 0 aliphatic carbocycles. The van der Waals surface area contributed by atoms with E-state index >= 15 is 0 Å². The van der Waals surface area contributed by atoms with Crippen molar-refractivity contribution in [1.82, 2.24) is 14.8 Å². The highest BCUT2D eigenvalue weighted by Gasteiger charge is 2.19. The van der Waals surface area contributed by atoms with Crippen LogP contribution in [0.3, 0.4) is 0 Å². The largest absolute Gasteiger partial charge is 0.456 e. The fourth-order valence-corrected chi connectivity index (χ4v) is 2.74. The summed E-state index contributed by atoms with van der Waals surface area (Å²) in [5.74, 6) is -0.117. The number of aromatic nitrogens is 3. The van der Waals surface area contributed by atoms with Crippen LogP contribution < -0.4 is 5.56 Å². The summed E-state index contributed by atoms with van der Waals surface area (Å²) in [5, 5.41) is 11.9. The van der Waals surface area contributed by atoms with E-state index in [1.54, 1.807) is 57.3 Å². The summed E-state index contributed by atoms with van der Waals surface area (Å²) < 4.78 is 6.61. The highest BCUT2D eigenvalue weighted by Crippen LogP contribution is 2.21. The fraction of sp³-hybridized carbons (Fsp3) is 0.238. The first-order chi connectivity index (χ1) is 13.2. The van der Waals surface area contributed by atoms with Crippen molar-refractivity contribution in [3.8, 4) is 23.0 Å². The van der Waals surface area contributed by atoms with Crippen LogP contribution in [0.4, 0.5) is 0 Å². The Hall–Kier alpha value is -3.66. The summed E-state index contributed by atoms with van der Waals surface area (Å²) in [5.41, 5.74) is 2.02. The van der Waals surface area contributed by atoms with Gasteiger partial charge >= 0.3 is 5.97 Å². The lowest BCUT2D eigenvalue weighted by atomic mass is 10.0. The van der Waals surface area contributed by atoms with E-state index in [1.807, 2.05) is 6.92 Å². The van der Waals surface area contributed by atoms with Crippen molar-refractivity contribution in [2.45, 2.75) is 33.3 Å². The zero-order valence-electron chi connectivity index (χ0n) is 16.1. The highest BCUT2D eigenvalue weighted by molar-refractivity contribution is 5.89.